The number of aromatic nitrogens is 2. The van der Waals surface area contributed by atoms with Gasteiger partial charge in [0.05, 0.1) is 33.5 Å². The standard InChI is InChI=1S/C23H23Cl2FN4O/c1-14-17(15(2)30(28-14)16-8-9-18(24)19(25)12-16)13-22(31)27-23-20(26)6-5-7-21(23)29-10-3-4-11-29/h5-9,12H,3-4,10-11,13H2,1-2H3,(H,27,31). The van der Waals surface area contributed by atoms with Crippen molar-refractivity contribution in [3.05, 3.63) is 69.2 Å². The van der Waals surface area contributed by atoms with E-state index in [9.17, 15) is 9.18 Å². The number of carbonyl (C=O) groups is 1. The van der Waals surface area contributed by atoms with Crippen LogP contribution in [-0.4, -0.2) is 28.8 Å². The molecule has 1 amide bonds. The molecule has 0 unspecified atom stereocenters. The van der Waals surface area contributed by atoms with Crippen molar-refractivity contribution < 1.29 is 9.18 Å². The van der Waals surface area contributed by atoms with Crippen LogP contribution in [0.1, 0.15) is 29.8 Å². The van der Waals surface area contributed by atoms with Crippen LogP contribution >= 0.6 is 23.2 Å². The molecule has 0 spiro atoms. The molecule has 1 fully saturated rings. The fourth-order valence-corrected chi connectivity index (χ4v) is 4.29. The summed E-state index contributed by atoms with van der Waals surface area (Å²) in [5.41, 5.74) is 4.06. The lowest BCUT2D eigenvalue weighted by Gasteiger charge is -2.22. The summed E-state index contributed by atoms with van der Waals surface area (Å²) >= 11 is 12.2. The van der Waals surface area contributed by atoms with Gasteiger partial charge in [-0.2, -0.15) is 5.10 Å². The third-order valence-corrected chi connectivity index (χ3v) is 6.37. The van der Waals surface area contributed by atoms with Gasteiger partial charge >= 0.3 is 0 Å². The van der Waals surface area contributed by atoms with Crippen molar-refractivity contribution in [2.75, 3.05) is 23.3 Å². The number of nitrogens with zero attached hydrogens (tertiary/aromatic N) is 3. The van der Waals surface area contributed by atoms with E-state index >= 15 is 0 Å². The Labute approximate surface area is 190 Å². The van der Waals surface area contributed by atoms with Gasteiger partial charge in [-0.1, -0.05) is 29.3 Å². The molecule has 0 saturated carbocycles. The minimum absolute atomic E-state index is 0.0900. The second-order valence-electron chi connectivity index (χ2n) is 7.71. The molecule has 8 heteroatoms. The van der Waals surface area contributed by atoms with Crippen molar-refractivity contribution in [3.8, 4) is 5.69 Å². The molecule has 162 valence electrons. The van der Waals surface area contributed by atoms with Crippen LogP contribution in [0.5, 0.6) is 0 Å². The molecule has 1 aliphatic rings. The molecule has 1 aliphatic heterocycles. The Kier molecular flexibility index (Phi) is 6.21. The summed E-state index contributed by atoms with van der Waals surface area (Å²) in [6.07, 6.45) is 2.22. The number of aryl methyl sites for hydroxylation is 1. The first-order valence-corrected chi connectivity index (χ1v) is 10.9. The van der Waals surface area contributed by atoms with E-state index in [1.807, 2.05) is 26.0 Å². The van der Waals surface area contributed by atoms with E-state index in [4.69, 9.17) is 23.2 Å². The number of amides is 1. The Morgan fingerprint density at radius 1 is 1.13 bits per heavy atom. The molecule has 0 atom stereocenters. The van der Waals surface area contributed by atoms with Gasteiger partial charge in [0.1, 0.15) is 11.5 Å². The number of hydrogen-bond donors (Lipinski definition) is 1. The molecule has 1 saturated heterocycles. The van der Waals surface area contributed by atoms with Crippen LogP contribution in [0.15, 0.2) is 36.4 Å². The zero-order valence-corrected chi connectivity index (χ0v) is 18.9. The van der Waals surface area contributed by atoms with Crippen LogP contribution in [0.2, 0.25) is 10.0 Å². The van der Waals surface area contributed by atoms with E-state index in [0.29, 0.717) is 10.0 Å². The highest BCUT2D eigenvalue weighted by Gasteiger charge is 2.21. The summed E-state index contributed by atoms with van der Waals surface area (Å²) < 4.78 is 16.3. The lowest BCUT2D eigenvalue weighted by molar-refractivity contribution is -0.115. The van der Waals surface area contributed by atoms with Crippen molar-refractivity contribution in [1.29, 1.82) is 0 Å². The Morgan fingerprint density at radius 2 is 1.87 bits per heavy atom. The van der Waals surface area contributed by atoms with Gasteiger partial charge in [0.25, 0.3) is 0 Å². The average Bonchev–Trinajstić information content (AvgIpc) is 3.36. The first-order chi connectivity index (χ1) is 14.8. The van der Waals surface area contributed by atoms with Gasteiger partial charge in [-0.05, 0) is 57.0 Å². The summed E-state index contributed by atoms with van der Waals surface area (Å²) in [5.74, 6) is -0.719. The van der Waals surface area contributed by atoms with Gasteiger partial charge in [0.2, 0.25) is 5.91 Å². The molecule has 4 rings (SSSR count). The van der Waals surface area contributed by atoms with Gasteiger partial charge in [-0.15, -0.1) is 0 Å². The van der Waals surface area contributed by atoms with E-state index in [0.717, 1.165) is 54.3 Å². The molecule has 0 aliphatic carbocycles. The monoisotopic (exact) mass is 460 g/mol. The molecule has 5 nitrogen and oxygen atoms in total. The Bertz CT molecular complexity index is 1140. The number of halogens is 3. The number of para-hydroxylation sites is 1. The van der Waals surface area contributed by atoms with Crippen LogP contribution in [0.25, 0.3) is 5.69 Å². The zero-order valence-electron chi connectivity index (χ0n) is 17.4. The largest absolute Gasteiger partial charge is 0.370 e. The maximum absolute atomic E-state index is 14.6. The first-order valence-electron chi connectivity index (χ1n) is 10.2. The van der Waals surface area contributed by atoms with Crippen LogP contribution in [0.3, 0.4) is 0 Å². The second-order valence-corrected chi connectivity index (χ2v) is 8.53. The van der Waals surface area contributed by atoms with Crippen LogP contribution in [0.4, 0.5) is 15.8 Å². The predicted molar refractivity (Wildman–Crippen MR) is 123 cm³/mol. The van der Waals surface area contributed by atoms with Gasteiger partial charge in [-0.3, -0.25) is 4.79 Å². The van der Waals surface area contributed by atoms with Crippen molar-refractivity contribution in [2.45, 2.75) is 33.1 Å². The van der Waals surface area contributed by atoms with E-state index in [1.165, 1.54) is 6.07 Å². The highest BCUT2D eigenvalue weighted by atomic mass is 35.5. The molecule has 31 heavy (non-hydrogen) atoms. The smallest absolute Gasteiger partial charge is 0.229 e. The van der Waals surface area contributed by atoms with Crippen LogP contribution < -0.4 is 10.2 Å². The SMILES string of the molecule is Cc1nn(-c2ccc(Cl)c(Cl)c2)c(C)c1CC(=O)Nc1c(F)cccc1N1CCCC1. The molecule has 1 aromatic heterocycles. The topological polar surface area (TPSA) is 50.2 Å². The van der Waals surface area contributed by atoms with Crippen LogP contribution in [-0.2, 0) is 11.2 Å². The minimum Gasteiger partial charge on any atom is -0.370 e. The number of rotatable bonds is 5. The predicted octanol–water partition coefficient (Wildman–Crippen LogP) is 5.72. The van der Waals surface area contributed by atoms with E-state index in [2.05, 4.69) is 15.3 Å². The van der Waals surface area contributed by atoms with E-state index in [-0.39, 0.29) is 18.0 Å². The first kappa shape index (κ1) is 21.7. The molecular formula is C23H23Cl2FN4O. The number of hydrogen-bond acceptors (Lipinski definition) is 3. The lowest BCUT2D eigenvalue weighted by atomic mass is 10.1. The molecule has 0 bridgehead atoms. The Hall–Kier alpha value is -2.57. The molecule has 2 heterocycles. The van der Waals surface area contributed by atoms with Gasteiger partial charge < -0.3 is 10.2 Å². The summed E-state index contributed by atoms with van der Waals surface area (Å²) in [6, 6.07) is 10.2. The third kappa shape index (κ3) is 4.41. The van der Waals surface area contributed by atoms with Gasteiger partial charge in [0.15, 0.2) is 0 Å². The molecular weight excluding hydrogens is 438 g/mol. The molecule has 1 N–H and O–H groups in total. The quantitative estimate of drug-likeness (QED) is 0.529. The zero-order chi connectivity index (χ0) is 22.1. The highest BCUT2D eigenvalue weighted by Crippen LogP contribution is 2.32. The Balaban J connectivity index is 1.58. The van der Waals surface area contributed by atoms with Crippen molar-refractivity contribution in [1.82, 2.24) is 9.78 Å². The van der Waals surface area contributed by atoms with Crippen molar-refractivity contribution in [2.24, 2.45) is 0 Å². The number of carbonyl (C=O) groups excluding carboxylic acids is 1. The molecule has 3 aromatic rings. The summed E-state index contributed by atoms with van der Waals surface area (Å²) in [5, 5.41) is 8.25. The lowest BCUT2D eigenvalue weighted by Crippen LogP contribution is -2.23. The summed E-state index contributed by atoms with van der Waals surface area (Å²) in [6.45, 7) is 5.47. The summed E-state index contributed by atoms with van der Waals surface area (Å²) in [4.78, 5) is 15.0. The number of benzene rings is 2. The van der Waals surface area contributed by atoms with Crippen molar-refractivity contribution >= 4 is 40.5 Å². The van der Waals surface area contributed by atoms with Crippen LogP contribution in [0, 0.1) is 19.7 Å². The molecule has 2 aromatic carbocycles. The normalized spacial score (nSPS) is 13.6. The third-order valence-electron chi connectivity index (χ3n) is 5.63. The molecule has 0 radical (unpaired) electrons. The Morgan fingerprint density at radius 3 is 2.58 bits per heavy atom. The fourth-order valence-electron chi connectivity index (χ4n) is 4.00. The van der Waals surface area contributed by atoms with E-state index in [1.54, 1.807) is 22.9 Å². The number of anilines is 2. The minimum atomic E-state index is -0.433. The second kappa shape index (κ2) is 8.89. The average molecular weight is 461 g/mol. The highest BCUT2D eigenvalue weighted by molar-refractivity contribution is 6.42. The van der Waals surface area contributed by atoms with Crippen molar-refractivity contribution in [3.63, 3.8) is 0 Å². The van der Waals surface area contributed by atoms with Gasteiger partial charge in [-0.25, -0.2) is 9.07 Å². The maximum atomic E-state index is 14.6. The van der Waals surface area contributed by atoms with E-state index < -0.39 is 5.82 Å². The van der Waals surface area contributed by atoms with Gasteiger partial charge in [0, 0.05) is 24.3 Å². The summed E-state index contributed by atoms with van der Waals surface area (Å²) in [7, 11) is 0. The maximum Gasteiger partial charge on any atom is 0.229 e. The number of nitrogens with one attached hydrogen (secondary N) is 1. The fraction of sp³-hybridized carbons (Fsp3) is 0.304.